The zero-order chi connectivity index (χ0) is 15.6. The van der Waals surface area contributed by atoms with E-state index >= 15 is 0 Å². The third-order valence-corrected chi connectivity index (χ3v) is 4.67. The molecule has 0 spiro atoms. The van der Waals surface area contributed by atoms with Crippen molar-refractivity contribution in [1.82, 2.24) is 4.98 Å². The van der Waals surface area contributed by atoms with E-state index in [9.17, 15) is 8.42 Å². The Kier molecular flexibility index (Phi) is 4.67. The summed E-state index contributed by atoms with van der Waals surface area (Å²) in [4.78, 5) is 3.91. The van der Waals surface area contributed by atoms with Crippen LogP contribution in [0.4, 0.5) is 5.69 Å². The fourth-order valence-electron chi connectivity index (χ4n) is 1.47. The lowest BCUT2D eigenvalue weighted by Gasteiger charge is -2.11. The van der Waals surface area contributed by atoms with Crippen LogP contribution in [0.15, 0.2) is 41.4 Å². The molecule has 0 aliphatic carbocycles. The first-order chi connectivity index (χ1) is 9.81. The number of hydrogen-bond donors (Lipinski definition) is 2. The Morgan fingerprint density at radius 3 is 2.29 bits per heavy atom. The van der Waals surface area contributed by atoms with Gasteiger partial charge in [-0.05, 0) is 24.3 Å². The van der Waals surface area contributed by atoms with Gasteiger partial charge in [-0.2, -0.15) is 0 Å². The quantitative estimate of drug-likeness (QED) is 0.817. The van der Waals surface area contributed by atoms with Crippen LogP contribution >= 0.6 is 35.4 Å². The van der Waals surface area contributed by atoms with Crippen molar-refractivity contribution < 1.29 is 8.42 Å². The minimum atomic E-state index is -3.87. The van der Waals surface area contributed by atoms with E-state index in [1.165, 1.54) is 24.3 Å². The van der Waals surface area contributed by atoms with Crippen molar-refractivity contribution in [1.29, 1.82) is 0 Å². The maximum Gasteiger partial charge on any atom is 0.263 e. The van der Waals surface area contributed by atoms with Gasteiger partial charge in [0.2, 0.25) is 0 Å². The molecule has 0 amide bonds. The number of para-hydroxylation sites is 1. The van der Waals surface area contributed by atoms with Gasteiger partial charge in [-0.1, -0.05) is 41.5 Å². The Labute approximate surface area is 137 Å². The van der Waals surface area contributed by atoms with Crippen molar-refractivity contribution in [2.75, 3.05) is 4.72 Å². The van der Waals surface area contributed by atoms with E-state index in [-0.39, 0.29) is 25.6 Å². The zero-order valence-corrected chi connectivity index (χ0v) is 13.5. The smallest absolute Gasteiger partial charge is 0.263 e. The minimum absolute atomic E-state index is 0.0570. The average Bonchev–Trinajstić information content (AvgIpc) is 2.43. The molecule has 0 aliphatic heterocycles. The number of sulfonamides is 1. The van der Waals surface area contributed by atoms with Gasteiger partial charge in [-0.3, -0.25) is 9.71 Å². The second kappa shape index (κ2) is 6.15. The number of pyridine rings is 1. The monoisotopic (exact) mass is 361 g/mol. The zero-order valence-electron chi connectivity index (χ0n) is 10.4. The van der Waals surface area contributed by atoms with Crippen molar-refractivity contribution in [2.24, 2.45) is 5.73 Å². The van der Waals surface area contributed by atoms with E-state index in [4.69, 9.17) is 41.2 Å². The highest BCUT2D eigenvalue weighted by Gasteiger charge is 2.18. The molecule has 0 radical (unpaired) electrons. The summed E-state index contributed by atoms with van der Waals surface area (Å²) >= 11 is 16.6. The van der Waals surface area contributed by atoms with Crippen LogP contribution in [0.2, 0.25) is 10.0 Å². The molecule has 2 rings (SSSR count). The molecule has 110 valence electrons. The van der Waals surface area contributed by atoms with E-state index < -0.39 is 10.0 Å². The molecule has 5 nitrogen and oxygen atoms in total. The second-order valence-electron chi connectivity index (χ2n) is 3.95. The van der Waals surface area contributed by atoms with Crippen LogP contribution in [-0.4, -0.2) is 18.4 Å². The first-order valence-electron chi connectivity index (χ1n) is 5.54. The number of anilines is 1. The van der Waals surface area contributed by atoms with Gasteiger partial charge in [-0.15, -0.1) is 0 Å². The van der Waals surface area contributed by atoms with Crippen LogP contribution in [0.3, 0.4) is 0 Å². The Morgan fingerprint density at radius 1 is 1.19 bits per heavy atom. The predicted molar refractivity (Wildman–Crippen MR) is 87.4 cm³/mol. The molecule has 1 heterocycles. The number of thiocarbonyl (C=S) groups is 1. The van der Waals surface area contributed by atoms with Gasteiger partial charge < -0.3 is 5.73 Å². The summed E-state index contributed by atoms with van der Waals surface area (Å²) < 4.78 is 26.8. The lowest BCUT2D eigenvalue weighted by Crippen LogP contribution is -2.16. The van der Waals surface area contributed by atoms with Crippen molar-refractivity contribution in [3.8, 4) is 0 Å². The van der Waals surface area contributed by atoms with Crippen LogP contribution in [0, 0.1) is 0 Å². The molecule has 0 atom stereocenters. The van der Waals surface area contributed by atoms with E-state index in [2.05, 4.69) is 9.71 Å². The van der Waals surface area contributed by atoms with Crippen LogP contribution in [-0.2, 0) is 10.0 Å². The van der Waals surface area contributed by atoms with E-state index in [0.717, 1.165) is 6.20 Å². The molecular formula is C12H9Cl2N3O2S2. The molecule has 0 unspecified atom stereocenters. The standard InChI is InChI=1S/C12H9Cl2N3O2S2/c13-8-2-1-3-9(14)11(8)17-21(18,19)7-4-5-10(12(15)20)16-6-7/h1-6,17H,(H2,15,20). The molecule has 0 aliphatic rings. The molecule has 0 saturated heterocycles. The molecule has 0 saturated carbocycles. The third-order valence-electron chi connectivity index (χ3n) is 2.50. The number of benzene rings is 1. The molecular weight excluding hydrogens is 353 g/mol. The number of rotatable bonds is 4. The van der Waals surface area contributed by atoms with E-state index in [1.807, 2.05) is 0 Å². The van der Waals surface area contributed by atoms with Gasteiger partial charge >= 0.3 is 0 Å². The van der Waals surface area contributed by atoms with Gasteiger partial charge in [0, 0.05) is 6.20 Å². The average molecular weight is 362 g/mol. The Morgan fingerprint density at radius 2 is 1.81 bits per heavy atom. The SMILES string of the molecule is NC(=S)c1ccc(S(=O)(=O)Nc2c(Cl)cccc2Cl)cn1. The molecule has 2 aromatic rings. The predicted octanol–water partition coefficient (Wildman–Crippen LogP) is 2.82. The van der Waals surface area contributed by atoms with Gasteiger partial charge in [0.25, 0.3) is 10.0 Å². The topological polar surface area (TPSA) is 85.1 Å². The van der Waals surface area contributed by atoms with Crippen LogP contribution in [0.1, 0.15) is 5.69 Å². The van der Waals surface area contributed by atoms with Gasteiger partial charge in [0.15, 0.2) is 0 Å². The summed E-state index contributed by atoms with van der Waals surface area (Å²) in [6.07, 6.45) is 1.15. The Balaban J connectivity index is 2.36. The summed E-state index contributed by atoms with van der Waals surface area (Å²) in [7, 11) is -3.87. The normalized spacial score (nSPS) is 11.1. The maximum absolute atomic E-state index is 12.3. The van der Waals surface area contributed by atoms with Gasteiger partial charge in [-0.25, -0.2) is 8.42 Å². The summed E-state index contributed by atoms with van der Waals surface area (Å²) in [5.74, 6) is 0. The van der Waals surface area contributed by atoms with Crippen LogP contribution in [0.5, 0.6) is 0 Å². The molecule has 1 aromatic carbocycles. The fourth-order valence-corrected chi connectivity index (χ4v) is 3.24. The maximum atomic E-state index is 12.3. The minimum Gasteiger partial charge on any atom is -0.388 e. The lowest BCUT2D eigenvalue weighted by molar-refractivity contribution is 0.601. The number of nitrogens with two attached hydrogens (primary N) is 1. The van der Waals surface area contributed by atoms with E-state index in [1.54, 1.807) is 6.07 Å². The van der Waals surface area contributed by atoms with E-state index in [0.29, 0.717) is 5.69 Å². The molecule has 3 N–H and O–H groups in total. The number of halogens is 2. The lowest BCUT2D eigenvalue weighted by atomic mass is 10.3. The molecule has 9 heteroatoms. The summed E-state index contributed by atoms with van der Waals surface area (Å²) in [6.45, 7) is 0. The number of aromatic nitrogens is 1. The van der Waals surface area contributed by atoms with Crippen molar-refractivity contribution in [3.63, 3.8) is 0 Å². The van der Waals surface area contributed by atoms with Crippen molar-refractivity contribution in [2.45, 2.75) is 4.90 Å². The highest BCUT2D eigenvalue weighted by molar-refractivity contribution is 7.92. The second-order valence-corrected chi connectivity index (χ2v) is 6.88. The van der Waals surface area contributed by atoms with Crippen molar-refractivity contribution in [3.05, 3.63) is 52.3 Å². The Hall–Kier alpha value is -1.41. The fraction of sp³-hybridized carbons (Fsp3) is 0. The highest BCUT2D eigenvalue weighted by Crippen LogP contribution is 2.31. The largest absolute Gasteiger partial charge is 0.388 e. The van der Waals surface area contributed by atoms with Crippen molar-refractivity contribution >= 4 is 56.1 Å². The molecule has 21 heavy (non-hydrogen) atoms. The molecule has 0 bridgehead atoms. The molecule has 1 aromatic heterocycles. The number of nitrogens with zero attached hydrogens (tertiary/aromatic N) is 1. The van der Waals surface area contributed by atoms with Crippen LogP contribution in [0.25, 0.3) is 0 Å². The third kappa shape index (κ3) is 3.62. The Bertz CT molecular complexity index is 772. The summed E-state index contributed by atoms with van der Waals surface area (Å²) in [6, 6.07) is 7.43. The van der Waals surface area contributed by atoms with Gasteiger partial charge in [0.05, 0.1) is 21.4 Å². The number of hydrogen-bond acceptors (Lipinski definition) is 4. The van der Waals surface area contributed by atoms with Gasteiger partial charge in [0.1, 0.15) is 9.88 Å². The first kappa shape index (κ1) is 16.0. The first-order valence-corrected chi connectivity index (χ1v) is 8.18. The van der Waals surface area contributed by atoms with Crippen LogP contribution < -0.4 is 10.5 Å². The highest BCUT2D eigenvalue weighted by atomic mass is 35.5. The summed E-state index contributed by atoms with van der Waals surface area (Å²) in [5, 5.41) is 0.387. The summed E-state index contributed by atoms with van der Waals surface area (Å²) in [5.41, 5.74) is 5.85. The number of nitrogens with one attached hydrogen (secondary N) is 1. The molecule has 0 fully saturated rings.